The third-order valence-electron chi connectivity index (χ3n) is 6.72. The molecule has 0 saturated heterocycles. The quantitative estimate of drug-likeness (QED) is 0.267. The van der Waals surface area contributed by atoms with E-state index in [2.05, 4.69) is 4.98 Å². The van der Waals surface area contributed by atoms with Gasteiger partial charge in [0.2, 0.25) is 5.95 Å². The molecule has 3 aromatic rings. The van der Waals surface area contributed by atoms with Crippen molar-refractivity contribution in [3.8, 4) is 0 Å². The van der Waals surface area contributed by atoms with Crippen LogP contribution in [0.1, 0.15) is 40.9 Å². The molecule has 2 N–H and O–H groups in total. The summed E-state index contributed by atoms with van der Waals surface area (Å²) in [6.45, 7) is 5.04. The first-order chi connectivity index (χ1) is 17.5. The number of nitro benzene ring substituents is 1. The standard InChI is InChI=1S/C26H29ClF3N5O2/c1-16-12-17(2)23(21(27)13-16)34-11-3-10-33-22(24(26(28,29)30)32-25(33)34)15-19(8-9-31)14-18-4-6-20(7-5-18)35(36)37/h4-7,12-13,19H,3,8-11,14-15,31H2,1-2H3. The first-order valence-electron chi connectivity index (χ1n) is 12.1. The van der Waals surface area contributed by atoms with E-state index in [1.54, 1.807) is 27.7 Å². The van der Waals surface area contributed by atoms with Crippen LogP contribution >= 0.6 is 11.6 Å². The van der Waals surface area contributed by atoms with E-state index >= 15 is 0 Å². The summed E-state index contributed by atoms with van der Waals surface area (Å²) in [5.74, 6) is 0.0395. The molecule has 1 unspecified atom stereocenters. The maximum absolute atomic E-state index is 14.3. The van der Waals surface area contributed by atoms with Gasteiger partial charge >= 0.3 is 6.18 Å². The van der Waals surface area contributed by atoms with Crippen LogP contribution in [-0.4, -0.2) is 27.6 Å². The fourth-order valence-corrected chi connectivity index (χ4v) is 5.59. The first-order valence-corrected chi connectivity index (χ1v) is 12.5. The van der Waals surface area contributed by atoms with Crippen molar-refractivity contribution < 1.29 is 18.1 Å². The number of fused-ring (bicyclic) bond motifs is 1. The zero-order chi connectivity index (χ0) is 26.9. The van der Waals surface area contributed by atoms with Gasteiger partial charge in [-0.2, -0.15) is 13.2 Å². The zero-order valence-corrected chi connectivity index (χ0v) is 21.4. The predicted octanol–water partition coefficient (Wildman–Crippen LogP) is 6.37. The van der Waals surface area contributed by atoms with Crippen LogP contribution in [0, 0.1) is 29.9 Å². The lowest BCUT2D eigenvalue weighted by molar-refractivity contribution is -0.384. The lowest BCUT2D eigenvalue weighted by Gasteiger charge is -2.32. The van der Waals surface area contributed by atoms with Crippen LogP contribution in [-0.2, 0) is 25.6 Å². The monoisotopic (exact) mass is 535 g/mol. The molecular weight excluding hydrogens is 507 g/mol. The fraction of sp³-hybridized carbons (Fsp3) is 0.423. The van der Waals surface area contributed by atoms with Gasteiger partial charge in [0, 0.05) is 25.2 Å². The molecule has 0 amide bonds. The molecule has 0 spiro atoms. The van der Waals surface area contributed by atoms with Gasteiger partial charge in [-0.05, 0) is 74.8 Å². The summed E-state index contributed by atoms with van der Waals surface area (Å²) in [5.41, 5.74) is 8.35. The summed E-state index contributed by atoms with van der Waals surface area (Å²) in [5, 5.41) is 11.4. The average molecular weight is 536 g/mol. The predicted molar refractivity (Wildman–Crippen MR) is 137 cm³/mol. The molecule has 4 rings (SSSR count). The second-order valence-corrected chi connectivity index (χ2v) is 9.96. The van der Waals surface area contributed by atoms with E-state index in [0.29, 0.717) is 49.6 Å². The van der Waals surface area contributed by atoms with Crippen molar-refractivity contribution in [2.24, 2.45) is 11.7 Å². The van der Waals surface area contributed by atoms with Crippen LogP contribution in [0.3, 0.4) is 0 Å². The van der Waals surface area contributed by atoms with Gasteiger partial charge in [0.15, 0.2) is 5.69 Å². The van der Waals surface area contributed by atoms with E-state index in [4.69, 9.17) is 17.3 Å². The summed E-state index contributed by atoms with van der Waals surface area (Å²) < 4.78 is 44.4. The Hall–Kier alpha value is -3.11. The van der Waals surface area contributed by atoms with Gasteiger partial charge in [-0.3, -0.25) is 10.1 Å². The van der Waals surface area contributed by atoms with Crippen molar-refractivity contribution in [2.45, 2.75) is 52.3 Å². The Morgan fingerprint density at radius 1 is 1.16 bits per heavy atom. The lowest BCUT2D eigenvalue weighted by atomic mass is 9.91. The number of nitrogens with zero attached hydrogens (tertiary/aromatic N) is 4. The van der Waals surface area contributed by atoms with Crippen LogP contribution in [0.2, 0.25) is 5.02 Å². The number of nitro groups is 1. The summed E-state index contributed by atoms with van der Waals surface area (Å²) >= 11 is 6.56. The Balaban J connectivity index is 1.73. The van der Waals surface area contributed by atoms with Crippen LogP contribution in [0.4, 0.5) is 30.5 Å². The summed E-state index contributed by atoms with van der Waals surface area (Å²) in [7, 11) is 0. The maximum atomic E-state index is 14.3. The molecule has 0 fully saturated rings. The Bertz CT molecular complexity index is 1270. The van der Waals surface area contributed by atoms with Gasteiger partial charge in [0.05, 0.1) is 21.3 Å². The van der Waals surface area contributed by atoms with Crippen molar-refractivity contribution in [2.75, 3.05) is 18.0 Å². The number of imidazole rings is 1. The van der Waals surface area contributed by atoms with Crippen molar-refractivity contribution in [1.29, 1.82) is 0 Å². The molecular formula is C26H29ClF3N5O2. The Kier molecular flexibility index (Phi) is 7.80. The van der Waals surface area contributed by atoms with Crippen molar-refractivity contribution >= 4 is 28.9 Å². The minimum atomic E-state index is -4.63. The largest absolute Gasteiger partial charge is 0.435 e. The number of rotatable bonds is 8. The number of hydrogen-bond acceptors (Lipinski definition) is 5. The highest BCUT2D eigenvalue weighted by atomic mass is 35.5. The number of halogens is 4. The molecule has 7 nitrogen and oxygen atoms in total. The van der Waals surface area contributed by atoms with Crippen LogP contribution in [0.5, 0.6) is 0 Å². The van der Waals surface area contributed by atoms with E-state index in [-0.39, 0.29) is 29.7 Å². The number of benzene rings is 2. The third kappa shape index (κ3) is 5.75. The molecule has 0 saturated carbocycles. The van der Waals surface area contributed by atoms with Crippen LogP contribution in [0.25, 0.3) is 0 Å². The normalized spacial score (nSPS) is 14.5. The molecule has 0 radical (unpaired) electrons. The third-order valence-corrected chi connectivity index (χ3v) is 7.01. The second kappa shape index (κ2) is 10.7. The number of aryl methyl sites for hydroxylation is 2. The van der Waals surface area contributed by atoms with E-state index < -0.39 is 16.8 Å². The number of aromatic nitrogens is 2. The maximum Gasteiger partial charge on any atom is 0.435 e. The molecule has 198 valence electrons. The highest BCUT2D eigenvalue weighted by Crippen LogP contribution is 2.42. The lowest BCUT2D eigenvalue weighted by Crippen LogP contribution is -2.30. The number of hydrogen-bond donors (Lipinski definition) is 1. The van der Waals surface area contributed by atoms with Crippen LogP contribution < -0.4 is 10.6 Å². The number of alkyl halides is 3. The second-order valence-electron chi connectivity index (χ2n) is 9.55. The van der Waals surface area contributed by atoms with Crippen molar-refractivity contribution in [1.82, 2.24) is 9.55 Å². The topological polar surface area (TPSA) is 90.2 Å². The van der Waals surface area contributed by atoms with Gasteiger partial charge < -0.3 is 15.2 Å². The van der Waals surface area contributed by atoms with E-state index in [0.717, 1.165) is 16.7 Å². The minimum Gasteiger partial charge on any atom is -0.330 e. The molecule has 1 aromatic heterocycles. The van der Waals surface area contributed by atoms with E-state index in [1.807, 2.05) is 19.9 Å². The number of non-ortho nitro benzene ring substituents is 1. The highest BCUT2D eigenvalue weighted by molar-refractivity contribution is 6.33. The van der Waals surface area contributed by atoms with Crippen molar-refractivity contribution in [3.05, 3.63) is 79.6 Å². The summed E-state index contributed by atoms with van der Waals surface area (Å²) in [4.78, 5) is 16.4. The Labute approximate surface area is 218 Å². The zero-order valence-electron chi connectivity index (χ0n) is 20.7. The molecule has 0 bridgehead atoms. The first kappa shape index (κ1) is 26.9. The van der Waals surface area contributed by atoms with Gasteiger partial charge in [0.1, 0.15) is 0 Å². The number of nitrogens with two attached hydrogens (primary N) is 1. The molecule has 2 heterocycles. The average Bonchev–Trinajstić information content (AvgIpc) is 3.19. The van der Waals surface area contributed by atoms with E-state index in [1.165, 1.54) is 12.1 Å². The molecule has 2 aromatic carbocycles. The molecule has 1 aliphatic rings. The van der Waals surface area contributed by atoms with Crippen molar-refractivity contribution in [3.63, 3.8) is 0 Å². The van der Waals surface area contributed by atoms with Gasteiger partial charge in [-0.15, -0.1) is 0 Å². The molecule has 0 aliphatic carbocycles. The van der Waals surface area contributed by atoms with Crippen LogP contribution in [0.15, 0.2) is 36.4 Å². The number of anilines is 2. The van der Waals surface area contributed by atoms with Gasteiger partial charge in [-0.25, -0.2) is 4.98 Å². The molecule has 1 aliphatic heterocycles. The smallest absolute Gasteiger partial charge is 0.330 e. The molecule has 1 atom stereocenters. The fourth-order valence-electron chi connectivity index (χ4n) is 5.17. The van der Waals surface area contributed by atoms with E-state index in [9.17, 15) is 23.3 Å². The van der Waals surface area contributed by atoms with Gasteiger partial charge in [-0.1, -0.05) is 29.8 Å². The van der Waals surface area contributed by atoms with Gasteiger partial charge in [0.25, 0.3) is 5.69 Å². The Morgan fingerprint density at radius 3 is 2.46 bits per heavy atom. The molecule has 37 heavy (non-hydrogen) atoms. The Morgan fingerprint density at radius 2 is 1.86 bits per heavy atom. The highest BCUT2D eigenvalue weighted by Gasteiger charge is 2.41. The summed E-state index contributed by atoms with van der Waals surface area (Å²) in [6, 6.07) is 9.85. The summed E-state index contributed by atoms with van der Waals surface area (Å²) in [6.07, 6.45) is -2.91. The molecule has 11 heteroatoms. The minimum absolute atomic E-state index is 0.0338. The SMILES string of the molecule is Cc1cc(C)c(N2CCCn3c2nc(C(F)(F)F)c3CC(CCN)Cc2ccc([N+](=O)[O-])cc2)c(Cl)c1.